The minimum absolute atomic E-state index is 0.0992. The number of alkyl halides is 3. The number of methoxy groups -OCH3 is 1. The molecule has 6 nitrogen and oxygen atoms in total. The Morgan fingerprint density at radius 1 is 1.15 bits per heavy atom. The first-order chi connectivity index (χ1) is 12.9. The second kappa shape index (κ2) is 7.48. The molecule has 0 bridgehead atoms. The van der Waals surface area contributed by atoms with Gasteiger partial charge in [0.15, 0.2) is 12.4 Å². The highest BCUT2D eigenvalue weighted by atomic mass is 19.4. The van der Waals surface area contributed by atoms with E-state index in [2.05, 4.69) is 10.1 Å². The molecule has 1 aromatic carbocycles. The smallest absolute Gasteiger partial charge is 0.433 e. The van der Waals surface area contributed by atoms with Gasteiger partial charge in [-0.15, -0.1) is 0 Å². The minimum Gasteiger partial charge on any atom is -0.497 e. The summed E-state index contributed by atoms with van der Waals surface area (Å²) < 4.78 is 52.6. The number of carbonyl (C=O) groups is 1. The van der Waals surface area contributed by atoms with Crippen LogP contribution < -0.4 is 4.74 Å². The number of pyridine rings is 1. The van der Waals surface area contributed by atoms with Crippen molar-refractivity contribution in [1.82, 2.24) is 10.1 Å². The Morgan fingerprint density at radius 2 is 1.89 bits per heavy atom. The largest absolute Gasteiger partial charge is 0.497 e. The molecule has 0 spiro atoms. The number of hydrogen-bond acceptors (Lipinski definition) is 6. The molecule has 0 saturated heterocycles. The maximum Gasteiger partial charge on any atom is 0.433 e. The molecule has 0 aliphatic carbocycles. The lowest BCUT2D eigenvalue weighted by Gasteiger charge is -2.06. The molecular formula is C18H13F3N2O4. The van der Waals surface area contributed by atoms with Crippen LogP contribution in [-0.4, -0.2) is 23.2 Å². The fraction of sp³-hybridized carbons (Fsp3) is 0.167. The third-order valence-electron chi connectivity index (χ3n) is 3.58. The van der Waals surface area contributed by atoms with E-state index in [9.17, 15) is 18.0 Å². The number of benzene rings is 1. The van der Waals surface area contributed by atoms with Crippen LogP contribution >= 0.6 is 0 Å². The van der Waals surface area contributed by atoms with Crippen LogP contribution in [0.25, 0.3) is 11.3 Å². The zero-order valence-electron chi connectivity index (χ0n) is 14.0. The molecule has 9 heteroatoms. The number of esters is 1. The van der Waals surface area contributed by atoms with Crippen molar-refractivity contribution >= 4 is 5.97 Å². The number of hydrogen-bond donors (Lipinski definition) is 0. The van der Waals surface area contributed by atoms with Gasteiger partial charge in [-0.05, 0) is 36.4 Å². The molecule has 0 amide bonds. The average molecular weight is 378 g/mol. The van der Waals surface area contributed by atoms with Gasteiger partial charge in [0.25, 0.3) is 0 Å². The molecule has 0 radical (unpaired) electrons. The molecule has 0 atom stereocenters. The Balaban J connectivity index is 1.61. The second-order valence-electron chi connectivity index (χ2n) is 5.41. The van der Waals surface area contributed by atoms with E-state index in [1.807, 2.05) is 0 Å². The summed E-state index contributed by atoms with van der Waals surface area (Å²) in [5.41, 5.74) is 0.139. The van der Waals surface area contributed by atoms with Crippen molar-refractivity contribution in [2.45, 2.75) is 12.8 Å². The maximum atomic E-state index is 12.5. The van der Waals surface area contributed by atoms with Crippen molar-refractivity contribution < 1.29 is 32.0 Å². The van der Waals surface area contributed by atoms with E-state index in [1.54, 1.807) is 37.4 Å². The Bertz CT molecular complexity index is 919. The third kappa shape index (κ3) is 4.43. The molecule has 140 valence electrons. The molecule has 3 rings (SSSR count). The summed E-state index contributed by atoms with van der Waals surface area (Å²) in [6.45, 7) is -0.219. The summed E-state index contributed by atoms with van der Waals surface area (Å²) in [6, 6.07) is 10.4. The van der Waals surface area contributed by atoms with Crippen molar-refractivity contribution in [3.63, 3.8) is 0 Å². The molecule has 0 fully saturated rings. The highest BCUT2D eigenvalue weighted by molar-refractivity contribution is 5.88. The summed E-state index contributed by atoms with van der Waals surface area (Å²) in [5.74, 6) is 0.161. The molecule has 2 aromatic heterocycles. The average Bonchev–Trinajstić information content (AvgIpc) is 3.14. The van der Waals surface area contributed by atoms with Gasteiger partial charge >= 0.3 is 12.1 Å². The van der Waals surface area contributed by atoms with Gasteiger partial charge in [-0.2, -0.15) is 13.2 Å². The summed E-state index contributed by atoms with van der Waals surface area (Å²) in [6.07, 6.45) is -3.76. The Kier molecular flexibility index (Phi) is 5.11. The highest BCUT2D eigenvalue weighted by Gasteiger charge is 2.32. The Hall–Kier alpha value is -3.36. The van der Waals surface area contributed by atoms with Crippen LogP contribution in [0.3, 0.4) is 0 Å². The van der Waals surface area contributed by atoms with Crippen LogP contribution in [0.5, 0.6) is 5.75 Å². The molecule has 0 unspecified atom stereocenters. The first-order valence-corrected chi connectivity index (χ1v) is 7.67. The molecule has 3 aromatic rings. The summed E-state index contributed by atoms with van der Waals surface area (Å²) in [4.78, 5) is 15.1. The van der Waals surface area contributed by atoms with Crippen molar-refractivity contribution in [3.8, 4) is 17.0 Å². The van der Waals surface area contributed by atoms with Gasteiger partial charge < -0.3 is 14.0 Å². The fourth-order valence-corrected chi connectivity index (χ4v) is 2.18. The normalized spacial score (nSPS) is 11.3. The lowest BCUT2D eigenvalue weighted by atomic mass is 10.1. The zero-order valence-corrected chi connectivity index (χ0v) is 14.0. The summed E-state index contributed by atoms with van der Waals surface area (Å²) in [7, 11) is 1.56. The Labute approximate surface area is 151 Å². The molecule has 2 heterocycles. The van der Waals surface area contributed by atoms with Crippen LogP contribution in [-0.2, 0) is 17.5 Å². The molecular weight excluding hydrogens is 365 g/mol. The lowest BCUT2D eigenvalue weighted by molar-refractivity contribution is -0.141. The summed E-state index contributed by atoms with van der Waals surface area (Å²) >= 11 is 0. The van der Waals surface area contributed by atoms with Gasteiger partial charge in [0.2, 0.25) is 0 Å². The Morgan fingerprint density at radius 3 is 2.48 bits per heavy atom. The van der Waals surface area contributed by atoms with Crippen LogP contribution in [0.2, 0.25) is 0 Å². The fourth-order valence-electron chi connectivity index (χ4n) is 2.18. The van der Waals surface area contributed by atoms with Gasteiger partial charge in [0.1, 0.15) is 17.1 Å². The van der Waals surface area contributed by atoms with E-state index < -0.39 is 17.8 Å². The number of aromatic nitrogens is 2. The van der Waals surface area contributed by atoms with E-state index >= 15 is 0 Å². The van der Waals surface area contributed by atoms with E-state index in [0.717, 1.165) is 17.8 Å². The zero-order chi connectivity index (χ0) is 19.4. The molecule has 0 aliphatic rings. The van der Waals surface area contributed by atoms with E-state index in [0.29, 0.717) is 17.5 Å². The first kappa shape index (κ1) is 18.4. The number of carbonyl (C=O) groups excluding carboxylic acids is 1. The predicted molar refractivity (Wildman–Crippen MR) is 86.8 cm³/mol. The molecule has 0 saturated carbocycles. The SMILES string of the molecule is COc1ccc(-c2cc(COC(=O)c3ccc(C(F)(F)F)nc3)on2)cc1. The van der Waals surface area contributed by atoms with Crippen LogP contribution in [0.4, 0.5) is 13.2 Å². The van der Waals surface area contributed by atoms with Gasteiger partial charge in [-0.3, -0.25) is 4.98 Å². The topological polar surface area (TPSA) is 74.5 Å². The van der Waals surface area contributed by atoms with Crippen molar-refractivity contribution in [1.29, 1.82) is 0 Å². The van der Waals surface area contributed by atoms with E-state index in [-0.39, 0.29) is 17.9 Å². The molecule has 27 heavy (non-hydrogen) atoms. The second-order valence-corrected chi connectivity index (χ2v) is 5.41. The molecule has 0 aliphatic heterocycles. The minimum atomic E-state index is -4.57. The predicted octanol–water partition coefficient (Wildman–Crippen LogP) is 4.12. The van der Waals surface area contributed by atoms with Crippen molar-refractivity contribution in [2.24, 2.45) is 0 Å². The van der Waals surface area contributed by atoms with Gasteiger partial charge in [0, 0.05) is 17.8 Å². The first-order valence-electron chi connectivity index (χ1n) is 7.67. The van der Waals surface area contributed by atoms with E-state index in [4.69, 9.17) is 14.0 Å². The van der Waals surface area contributed by atoms with Crippen molar-refractivity contribution in [2.75, 3.05) is 7.11 Å². The van der Waals surface area contributed by atoms with Gasteiger partial charge in [-0.25, -0.2) is 4.79 Å². The van der Waals surface area contributed by atoms with Crippen molar-refractivity contribution in [3.05, 3.63) is 65.7 Å². The lowest BCUT2D eigenvalue weighted by Crippen LogP contribution is -2.10. The maximum absolute atomic E-state index is 12.5. The number of rotatable bonds is 5. The number of ether oxygens (including phenoxy) is 2. The highest BCUT2D eigenvalue weighted by Crippen LogP contribution is 2.27. The monoisotopic (exact) mass is 378 g/mol. The van der Waals surface area contributed by atoms with Crippen LogP contribution in [0.15, 0.2) is 53.2 Å². The standard InChI is InChI=1S/C18H13F3N2O4/c1-25-13-5-2-11(3-6-13)15-8-14(27-23-15)10-26-17(24)12-4-7-16(22-9-12)18(19,20)21/h2-9H,10H2,1H3. The number of nitrogens with zero attached hydrogens (tertiary/aromatic N) is 2. The van der Waals surface area contributed by atoms with E-state index in [1.165, 1.54) is 0 Å². The molecule has 0 N–H and O–H groups in total. The summed E-state index contributed by atoms with van der Waals surface area (Å²) in [5, 5.41) is 3.89. The van der Waals surface area contributed by atoms with Crippen LogP contribution in [0, 0.1) is 0 Å². The third-order valence-corrected chi connectivity index (χ3v) is 3.58. The quantitative estimate of drug-likeness (QED) is 0.622. The van der Waals surface area contributed by atoms with Crippen LogP contribution in [0.1, 0.15) is 21.8 Å². The number of halogens is 3. The van der Waals surface area contributed by atoms with Gasteiger partial charge in [-0.1, -0.05) is 5.16 Å². The van der Waals surface area contributed by atoms with Gasteiger partial charge in [0.05, 0.1) is 12.7 Å².